The van der Waals surface area contributed by atoms with Gasteiger partial charge in [-0.1, -0.05) is 11.6 Å². The van der Waals surface area contributed by atoms with Gasteiger partial charge < -0.3 is 15.5 Å². The third kappa shape index (κ3) is 2.76. The molecule has 18 heavy (non-hydrogen) atoms. The van der Waals surface area contributed by atoms with E-state index in [0.717, 1.165) is 24.5 Å². The van der Waals surface area contributed by atoms with Crippen LogP contribution in [0, 0.1) is 0 Å². The van der Waals surface area contributed by atoms with E-state index in [2.05, 4.69) is 28.9 Å². The normalized spacial score (nSPS) is 20.5. The van der Waals surface area contributed by atoms with E-state index in [0.29, 0.717) is 17.6 Å². The van der Waals surface area contributed by atoms with Gasteiger partial charge in [0.1, 0.15) is 5.82 Å². The zero-order valence-electron chi connectivity index (χ0n) is 11.1. The number of hydrogen-bond donors (Lipinski definition) is 1. The lowest BCUT2D eigenvalue weighted by molar-refractivity contribution is 0.257. The van der Waals surface area contributed by atoms with E-state index < -0.39 is 0 Å². The number of aromatic nitrogens is 1. The first kappa shape index (κ1) is 13.6. The summed E-state index contributed by atoms with van der Waals surface area (Å²) < 4.78 is 0. The Morgan fingerprint density at radius 2 is 2.33 bits per heavy atom. The molecule has 0 radical (unpaired) electrons. The lowest BCUT2D eigenvalue weighted by atomic mass is 10.0. The third-order valence-electron chi connectivity index (χ3n) is 3.60. The van der Waals surface area contributed by atoms with Crippen LogP contribution in [0.25, 0.3) is 0 Å². The Hall–Kier alpha value is -0.840. The summed E-state index contributed by atoms with van der Waals surface area (Å²) in [5, 5.41) is 0.708. The molecule has 1 atom stereocenters. The van der Waals surface area contributed by atoms with Crippen LogP contribution in [0.15, 0.2) is 12.3 Å². The van der Waals surface area contributed by atoms with Gasteiger partial charge in [-0.2, -0.15) is 0 Å². The van der Waals surface area contributed by atoms with Crippen molar-refractivity contribution >= 4 is 17.4 Å². The number of pyridine rings is 1. The maximum absolute atomic E-state index is 6.37. The van der Waals surface area contributed by atoms with Crippen LogP contribution in [0.4, 0.5) is 5.82 Å². The fourth-order valence-electron chi connectivity index (χ4n) is 2.42. The molecular weight excluding hydrogens is 248 g/mol. The first-order valence-corrected chi connectivity index (χ1v) is 6.76. The highest BCUT2D eigenvalue weighted by atomic mass is 35.5. The van der Waals surface area contributed by atoms with Crippen LogP contribution in [-0.4, -0.2) is 43.1 Å². The molecular formula is C13H21ClN4. The molecule has 1 saturated heterocycles. The van der Waals surface area contributed by atoms with E-state index >= 15 is 0 Å². The molecule has 0 bridgehead atoms. The molecule has 1 aliphatic rings. The minimum absolute atomic E-state index is 0.458. The molecule has 1 fully saturated rings. The summed E-state index contributed by atoms with van der Waals surface area (Å²) >= 11 is 6.37. The van der Waals surface area contributed by atoms with Gasteiger partial charge in [0.25, 0.3) is 0 Å². The first-order valence-electron chi connectivity index (χ1n) is 6.38. The van der Waals surface area contributed by atoms with Crippen LogP contribution in [0.5, 0.6) is 0 Å². The number of hydrogen-bond acceptors (Lipinski definition) is 4. The van der Waals surface area contributed by atoms with Crippen molar-refractivity contribution in [3.05, 3.63) is 22.8 Å². The number of piperidine rings is 1. The molecule has 0 spiro atoms. The Kier molecular flexibility index (Phi) is 4.43. The largest absolute Gasteiger partial charge is 0.354 e. The van der Waals surface area contributed by atoms with Gasteiger partial charge in [0.15, 0.2) is 0 Å². The highest BCUT2D eigenvalue weighted by molar-refractivity contribution is 6.33. The average Bonchev–Trinajstić information content (AvgIpc) is 2.39. The van der Waals surface area contributed by atoms with Crippen molar-refractivity contribution < 1.29 is 0 Å². The molecule has 1 unspecified atom stereocenters. The fraction of sp³-hybridized carbons (Fsp3) is 0.615. The minimum Gasteiger partial charge on any atom is -0.354 e. The van der Waals surface area contributed by atoms with Gasteiger partial charge in [0, 0.05) is 31.9 Å². The molecule has 0 saturated carbocycles. The van der Waals surface area contributed by atoms with Gasteiger partial charge in [-0.25, -0.2) is 4.98 Å². The Bertz CT molecular complexity index is 408. The molecule has 1 aromatic rings. The van der Waals surface area contributed by atoms with Crippen LogP contribution in [0.3, 0.4) is 0 Å². The first-order chi connectivity index (χ1) is 8.63. The van der Waals surface area contributed by atoms with E-state index in [4.69, 9.17) is 17.3 Å². The summed E-state index contributed by atoms with van der Waals surface area (Å²) in [7, 11) is 4.25. The second-order valence-corrected chi connectivity index (χ2v) is 5.40. The third-order valence-corrected chi connectivity index (χ3v) is 4.01. The van der Waals surface area contributed by atoms with Crippen molar-refractivity contribution in [1.82, 2.24) is 9.88 Å². The van der Waals surface area contributed by atoms with Crippen LogP contribution in [0.2, 0.25) is 5.02 Å². The molecule has 2 heterocycles. The van der Waals surface area contributed by atoms with E-state index in [1.165, 1.54) is 12.8 Å². The van der Waals surface area contributed by atoms with Gasteiger partial charge >= 0.3 is 0 Å². The van der Waals surface area contributed by atoms with Crippen LogP contribution in [-0.2, 0) is 6.54 Å². The summed E-state index contributed by atoms with van der Waals surface area (Å²) in [6.07, 6.45) is 4.20. The molecule has 1 aliphatic heterocycles. The van der Waals surface area contributed by atoms with Gasteiger partial charge in [0.2, 0.25) is 0 Å². The standard InChI is InChI=1S/C13H21ClN4/c1-17(2)11-4-3-7-18(9-11)13-12(14)10(8-15)5-6-16-13/h5-6,11H,3-4,7-9,15H2,1-2H3. The maximum Gasteiger partial charge on any atom is 0.147 e. The minimum atomic E-state index is 0.458. The molecule has 2 N–H and O–H groups in total. The topological polar surface area (TPSA) is 45.4 Å². The van der Waals surface area contributed by atoms with E-state index in [1.807, 2.05) is 6.07 Å². The van der Waals surface area contributed by atoms with Crippen LogP contribution in [0.1, 0.15) is 18.4 Å². The molecule has 4 nitrogen and oxygen atoms in total. The molecule has 100 valence electrons. The number of nitrogens with zero attached hydrogens (tertiary/aromatic N) is 3. The van der Waals surface area contributed by atoms with E-state index in [9.17, 15) is 0 Å². The lowest BCUT2D eigenvalue weighted by Crippen LogP contribution is -2.45. The van der Waals surface area contributed by atoms with Crippen LogP contribution < -0.4 is 10.6 Å². The Morgan fingerprint density at radius 1 is 1.56 bits per heavy atom. The second kappa shape index (κ2) is 5.87. The zero-order chi connectivity index (χ0) is 13.1. The van der Waals surface area contributed by atoms with Crippen molar-refractivity contribution in [3.8, 4) is 0 Å². The van der Waals surface area contributed by atoms with Crippen molar-refractivity contribution in [2.24, 2.45) is 5.73 Å². The SMILES string of the molecule is CN(C)C1CCCN(c2nccc(CN)c2Cl)C1. The molecule has 1 aromatic heterocycles. The van der Waals surface area contributed by atoms with Crippen molar-refractivity contribution in [2.45, 2.75) is 25.4 Å². The van der Waals surface area contributed by atoms with E-state index in [-0.39, 0.29) is 0 Å². The Labute approximate surface area is 114 Å². The molecule has 0 aromatic carbocycles. The molecule has 0 aliphatic carbocycles. The molecule has 2 rings (SSSR count). The summed E-state index contributed by atoms with van der Waals surface area (Å²) in [5.41, 5.74) is 6.65. The summed E-state index contributed by atoms with van der Waals surface area (Å²) in [4.78, 5) is 8.97. The van der Waals surface area contributed by atoms with Crippen molar-refractivity contribution in [2.75, 3.05) is 32.1 Å². The highest BCUT2D eigenvalue weighted by Crippen LogP contribution is 2.29. The smallest absolute Gasteiger partial charge is 0.147 e. The van der Waals surface area contributed by atoms with E-state index in [1.54, 1.807) is 6.20 Å². The monoisotopic (exact) mass is 268 g/mol. The molecule has 5 heteroatoms. The number of halogens is 1. The summed E-state index contributed by atoms with van der Waals surface area (Å²) in [5.74, 6) is 0.881. The van der Waals surface area contributed by atoms with Crippen LogP contribution >= 0.6 is 11.6 Å². The van der Waals surface area contributed by atoms with Gasteiger partial charge in [-0.15, -0.1) is 0 Å². The van der Waals surface area contributed by atoms with Crippen molar-refractivity contribution in [1.29, 1.82) is 0 Å². The number of rotatable bonds is 3. The zero-order valence-corrected chi connectivity index (χ0v) is 11.8. The van der Waals surface area contributed by atoms with Crippen molar-refractivity contribution in [3.63, 3.8) is 0 Å². The Balaban J connectivity index is 2.20. The van der Waals surface area contributed by atoms with Gasteiger partial charge in [-0.05, 0) is 38.6 Å². The Morgan fingerprint density at radius 3 is 3.00 bits per heavy atom. The van der Waals surface area contributed by atoms with Gasteiger partial charge in [-0.3, -0.25) is 0 Å². The lowest BCUT2D eigenvalue weighted by Gasteiger charge is -2.37. The second-order valence-electron chi connectivity index (χ2n) is 5.02. The number of nitrogens with two attached hydrogens (primary N) is 1. The predicted octanol–water partition coefficient (Wildman–Crippen LogP) is 1.72. The maximum atomic E-state index is 6.37. The average molecular weight is 269 g/mol. The summed E-state index contributed by atoms with van der Waals surface area (Å²) in [6, 6.07) is 2.46. The fourth-order valence-corrected chi connectivity index (χ4v) is 2.73. The summed E-state index contributed by atoms with van der Waals surface area (Å²) in [6.45, 7) is 2.46. The van der Waals surface area contributed by atoms with Gasteiger partial charge in [0.05, 0.1) is 5.02 Å². The highest BCUT2D eigenvalue weighted by Gasteiger charge is 2.24. The predicted molar refractivity (Wildman–Crippen MR) is 76.1 cm³/mol. The quantitative estimate of drug-likeness (QED) is 0.907. The number of likely N-dealkylation sites (N-methyl/N-ethyl adjacent to an activating group) is 1. The molecule has 0 amide bonds. The number of anilines is 1.